The lowest BCUT2D eigenvalue weighted by Crippen LogP contribution is -2.38. The first-order chi connectivity index (χ1) is 5.99. The average molecular weight is 207 g/mol. The van der Waals surface area contributed by atoms with Crippen LogP contribution in [0.2, 0.25) is 0 Å². The zero-order chi connectivity index (χ0) is 10.1. The van der Waals surface area contributed by atoms with Gasteiger partial charge >= 0.3 is 0 Å². The lowest BCUT2D eigenvalue weighted by atomic mass is 9.95. The predicted molar refractivity (Wildman–Crippen MR) is 50.9 cm³/mol. The number of ether oxygens (including phenoxy) is 1. The number of hydrogen-bond donors (Lipinski definition) is 1. The highest BCUT2D eigenvalue weighted by Gasteiger charge is 2.39. The molecule has 1 fully saturated rings. The molecule has 0 aliphatic carbocycles. The van der Waals surface area contributed by atoms with Crippen LogP contribution >= 0.6 is 0 Å². The van der Waals surface area contributed by atoms with Gasteiger partial charge in [0.15, 0.2) is 0 Å². The summed E-state index contributed by atoms with van der Waals surface area (Å²) in [6.45, 7) is 4.93. The summed E-state index contributed by atoms with van der Waals surface area (Å²) in [5.74, 6) is 0.466. The summed E-state index contributed by atoms with van der Waals surface area (Å²) in [7, 11) is -1.72. The molecule has 2 atom stereocenters. The van der Waals surface area contributed by atoms with Gasteiger partial charge in [-0.2, -0.15) is 0 Å². The lowest BCUT2D eigenvalue weighted by molar-refractivity contribution is 0.177. The van der Waals surface area contributed by atoms with Gasteiger partial charge in [-0.05, 0) is 13.0 Å². The van der Waals surface area contributed by atoms with Crippen LogP contribution in [0.15, 0.2) is 0 Å². The van der Waals surface area contributed by atoms with E-state index in [4.69, 9.17) is 4.74 Å². The highest BCUT2D eigenvalue weighted by Crippen LogP contribution is 2.26. The SMILES string of the molecule is CNS(=O)(=O)C1COCC1C(C)C. The molecule has 0 spiro atoms. The van der Waals surface area contributed by atoms with Crippen molar-refractivity contribution in [1.29, 1.82) is 0 Å². The predicted octanol–water partition coefficient (Wildman–Crippen LogP) is 0.207. The Labute approximate surface area is 79.7 Å². The third-order valence-electron chi connectivity index (χ3n) is 2.61. The molecule has 0 bridgehead atoms. The first-order valence-electron chi connectivity index (χ1n) is 4.49. The van der Waals surface area contributed by atoms with Crippen molar-refractivity contribution in [3.63, 3.8) is 0 Å². The normalized spacial score (nSPS) is 29.8. The van der Waals surface area contributed by atoms with Gasteiger partial charge in [-0.1, -0.05) is 13.8 Å². The topological polar surface area (TPSA) is 55.4 Å². The first-order valence-corrected chi connectivity index (χ1v) is 6.03. The Balaban J connectivity index is 2.80. The maximum absolute atomic E-state index is 11.5. The van der Waals surface area contributed by atoms with Crippen molar-refractivity contribution in [3.05, 3.63) is 0 Å². The van der Waals surface area contributed by atoms with Crippen LogP contribution < -0.4 is 4.72 Å². The Morgan fingerprint density at radius 2 is 2.00 bits per heavy atom. The summed E-state index contributed by atoms with van der Waals surface area (Å²) < 4.78 is 30.6. The number of nitrogens with one attached hydrogen (secondary N) is 1. The summed E-state index contributed by atoms with van der Waals surface area (Å²) in [5, 5.41) is -0.377. The van der Waals surface area contributed by atoms with Gasteiger partial charge in [-0.25, -0.2) is 13.1 Å². The molecule has 1 rings (SSSR count). The van der Waals surface area contributed by atoms with Gasteiger partial charge in [0, 0.05) is 5.92 Å². The van der Waals surface area contributed by atoms with Crippen molar-refractivity contribution in [1.82, 2.24) is 4.72 Å². The Bertz CT molecular complexity index is 261. The zero-order valence-corrected chi connectivity index (χ0v) is 9.10. The van der Waals surface area contributed by atoms with Gasteiger partial charge in [0.05, 0.1) is 13.2 Å². The van der Waals surface area contributed by atoms with Crippen molar-refractivity contribution >= 4 is 10.0 Å². The molecule has 78 valence electrons. The third-order valence-corrected chi connectivity index (χ3v) is 4.46. The number of sulfonamides is 1. The van der Waals surface area contributed by atoms with Gasteiger partial charge in [0.25, 0.3) is 0 Å². The first kappa shape index (κ1) is 10.9. The van der Waals surface area contributed by atoms with E-state index < -0.39 is 10.0 Å². The summed E-state index contributed by atoms with van der Waals surface area (Å²) in [6, 6.07) is 0. The Morgan fingerprint density at radius 3 is 2.46 bits per heavy atom. The minimum atomic E-state index is -3.17. The van der Waals surface area contributed by atoms with E-state index in [1.54, 1.807) is 0 Å². The molecule has 5 heteroatoms. The second kappa shape index (κ2) is 3.94. The standard InChI is InChI=1S/C8H17NO3S/c1-6(2)7-4-12-5-8(7)13(10,11)9-3/h6-9H,4-5H2,1-3H3. The molecule has 2 unspecified atom stereocenters. The van der Waals surface area contributed by atoms with Gasteiger partial charge in [-0.3, -0.25) is 0 Å². The molecule has 1 saturated heterocycles. The van der Waals surface area contributed by atoms with Crippen molar-refractivity contribution in [2.45, 2.75) is 19.1 Å². The van der Waals surface area contributed by atoms with Gasteiger partial charge < -0.3 is 4.74 Å². The summed E-state index contributed by atoms with van der Waals surface area (Å²) in [4.78, 5) is 0. The quantitative estimate of drug-likeness (QED) is 0.719. The van der Waals surface area contributed by atoms with Crippen LogP contribution in [0.4, 0.5) is 0 Å². The molecule has 1 aliphatic rings. The maximum Gasteiger partial charge on any atom is 0.216 e. The van der Waals surface area contributed by atoms with E-state index >= 15 is 0 Å². The lowest BCUT2D eigenvalue weighted by Gasteiger charge is -2.20. The number of rotatable bonds is 3. The summed E-state index contributed by atoms with van der Waals surface area (Å²) in [6.07, 6.45) is 0. The molecule has 0 saturated carbocycles. The summed E-state index contributed by atoms with van der Waals surface area (Å²) in [5.41, 5.74) is 0. The zero-order valence-electron chi connectivity index (χ0n) is 8.28. The molecule has 0 aromatic carbocycles. The summed E-state index contributed by atoms with van der Waals surface area (Å²) >= 11 is 0. The number of hydrogen-bond acceptors (Lipinski definition) is 3. The van der Waals surface area contributed by atoms with Gasteiger partial charge in [0.2, 0.25) is 10.0 Å². The Kier molecular flexibility index (Phi) is 3.32. The van der Waals surface area contributed by atoms with Crippen molar-refractivity contribution in [2.24, 2.45) is 11.8 Å². The fourth-order valence-electron chi connectivity index (χ4n) is 1.64. The Hall–Kier alpha value is -0.130. The van der Waals surface area contributed by atoms with Crippen LogP contribution in [0.25, 0.3) is 0 Å². The third kappa shape index (κ3) is 2.21. The van der Waals surface area contributed by atoms with E-state index in [0.29, 0.717) is 19.1 Å². The second-order valence-corrected chi connectivity index (χ2v) is 5.84. The molecule has 1 heterocycles. The molecule has 13 heavy (non-hydrogen) atoms. The van der Waals surface area contributed by atoms with E-state index in [9.17, 15) is 8.42 Å². The van der Waals surface area contributed by atoms with Crippen LogP contribution in [-0.4, -0.2) is 33.9 Å². The van der Waals surface area contributed by atoms with E-state index in [1.165, 1.54) is 7.05 Å². The molecular formula is C8H17NO3S. The molecule has 4 nitrogen and oxygen atoms in total. The van der Waals surface area contributed by atoms with Crippen molar-refractivity contribution in [2.75, 3.05) is 20.3 Å². The molecule has 0 aromatic rings. The van der Waals surface area contributed by atoms with E-state index in [-0.39, 0.29) is 11.2 Å². The van der Waals surface area contributed by atoms with Crippen molar-refractivity contribution in [3.8, 4) is 0 Å². The molecule has 1 N–H and O–H groups in total. The smallest absolute Gasteiger partial charge is 0.216 e. The van der Waals surface area contributed by atoms with Crippen LogP contribution in [0.5, 0.6) is 0 Å². The molecule has 0 radical (unpaired) electrons. The minimum absolute atomic E-state index is 0.123. The molecular weight excluding hydrogens is 190 g/mol. The fraction of sp³-hybridized carbons (Fsp3) is 1.00. The molecule has 1 aliphatic heterocycles. The molecule has 0 aromatic heterocycles. The molecule has 0 amide bonds. The van der Waals surface area contributed by atoms with Crippen LogP contribution in [-0.2, 0) is 14.8 Å². The average Bonchev–Trinajstić information content (AvgIpc) is 2.52. The van der Waals surface area contributed by atoms with Gasteiger partial charge in [0.1, 0.15) is 5.25 Å². The highest BCUT2D eigenvalue weighted by atomic mass is 32.2. The monoisotopic (exact) mass is 207 g/mol. The van der Waals surface area contributed by atoms with Crippen LogP contribution in [0.1, 0.15) is 13.8 Å². The van der Waals surface area contributed by atoms with Gasteiger partial charge in [-0.15, -0.1) is 0 Å². The highest BCUT2D eigenvalue weighted by molar-refractivity contribution is 7.90. The van der Waals surface area contributed by atoms with E-state index in [1.807, 2.05) is 13.8 Å². The Morgan fingerprint density at radius 1 is 1.38 bits per heavy atom. The maximum atomic E-state index is 11.5. The van der Waals surface area contributed by atoms with E-state index in [0.717, 1.165) is 0 Å². The van der Waals surface area contributed by atoms with Crippen LogP contribution in [0, 0.1) is 11.8 Å². The van der Waals surface area contributed by atoms with Crippen LogP contribution in [0.3, 0.4) is 0 Å². The minimum Gasteiger partial charge on any atom is -0.380 e. The largest absolute Gasteiger partial charge is 0.380 e. The van der Waals surface area contributed by atoms with E-state index in [2.05, 4.69) is 4.72 Å². The second-order valence-electron chi connectivity index (χ2n) is 3.73. The van der Waals surface area contributed by atoms with Crippen molar-refractivity contribution < 1.29 is 13.2 Å². The fourth-order valence-corrected chi connectivity index (χ4v) is 3.08.